The lowest BCUT2D eigenvalue weighted by Crippen LogP contribution is -2.22. The van der Waals surface area contributed by atoms with Crippen molar-refractivity contribution < 1.29 is 4.52 Å². The predicted molar refractivity (Wildman–Crippen MR) is 79.3 cm³/mol. The molecular formula is C16H17N3O. The van der Waals surface area contributed by atoms with Crippen molar-refractivity contribution in [1.82, 2.24) is 10.1 Å². The van der Waals surface area contributed by atoms with Gasteiger partial charge in [-0.1, -0.05) is 54.5 Å². The van der Waals surface area contributed by atoms with Crippen LogP contribution in [0.4, 0.5) is 0 Å². The highest BCUT2D eigenvalue weighted by Gasteiger charge is 2.19. The maximum Gasteiger partial charge on any atom is 0.231 e. The lowest BCUT2D eigenvalue weighted by Gasteiger charge is -2.09. The zero-order valence-corrected chi connectivity index (χ0v) is 11.6. The van der Waals surface area contributed by atoms with Crippen LogP contribution in [0.2, 0.25) is 0 Å². The van der Waals surface area contributed by atoms with Gasteiger partial charge in [-0.15, -0.1) is 0 Å². The largest absolute Gasteiger partial charge is 0.339 e. The maximum atomic E-state index is 5.88. The van der Waals surface area contributed by atoms with Crippen LogP contribution in [0.3, 0.4) is 0 Å². The van der Waals surface area contributed by atoms with Gasteiger partial charge in [-0.05, 0) is 17.7 Å². The molecule has 0 saturated heterocycles. The van der Waals surface area contributed by atoms with Gasteiger partial charge in [0.15, 0.2) is 0 Å². The Balaban J connectivity index is 2.08. The van der Waals surface area contributed by atoms with Gasteiger partial charge < -0.3 is 10.3 Å². The van der Waals surface area contributed by atoms with Gasteiger partial charge in [0, 0.05) is 11.6 Å². The molecule has 1 aromatic heterocycles. The average Bonchev–Trinajstić information content (AvgIpc) is 2.95. The van der Waals surface area contributed by atoms with Gasteiger partial charge >= 0.3 is 0 Å². The van der Waals surface area contributed by atoms with Crippen LogP contribution in [0.25, 0.3) is 22.2 Å². The lowest BCUT2D eigenvalue weighted by molar-refractivity contribution is 0.347. The van der Waals surface area contributed by atoms with Crippen LogP contribution in [0.5, 0.6) is 0 Å². The molecule has 0 spiro atoms. The Bertz CT molecular complexity index is 728. The standard InChI is InChI=1S/C16H17N3O/c1-10(11(2)17)16-18-15(19-20-16)14-9-5-7-12-6-3-4-8-13(12)14/h3-11H,17H2,1-2H3. The molecule has 0 radical (unpaired) electrons. The number of benzene rings is 2. The number of hydrogen-bond donors (Lipinski definition) is 1. The minimum absolute atomic E-state index is 0.0178. The van der Waals surface area contributed by atoms with Crippen molar-refractivity contribution in [2.75, 3.05) is 0 Å². The molecule has 1 heterocycles. The van der Waals surface area contributed by atoms with Crippen LogP contribution in [-0.2, 0) is 0 Å². The third kappa shape index (κ3) is 2.18. The third-order valence-electron chi connectivity index (χ3n) is 3.65. The first-order valence-corrected chi connectivity index (χ1v) is 6.74. The number of nitrogens with two attached hydrogens (primary N) is 1. The summed E-state index contributed by atoms with van der Waals surface area (Å²) in [6, 6.07) is 14.2. The molecule has 0 amide bonds. The van der Waals surface area contributed by atoms with E-state index in [0.717, 1.165) is 16.3 Å². The van der Waals surface area contributed by atoms with Crippen LogP contribution in [0.1, 0.15) is 25.7 Å². The summed E-state index contributed by atoms with van der Waals surface area (Å²) >= 11 is 0. The molecule has 3 aromatic rings. The number of rotatable bonds is 3. The van der Waals surface area contributed by atoms with Gasteiger partial charge in [0.1, 0.15) is 0 Å². The molecule has 20 heavy (non-hydrogen) atoms. The van der Waals surface area contributed by atoms with Crippen LogP contribution in [0, 0.1) is 0 Å². The minimum Gasteiger partial charge on any atom is -0.339 e. The molecule has 0 aliphatic carbocycles. The zero-order chi connectivity index (χ0) is 14.1. The molecule has 2 unspecified atom stereocenters. The molecule has 102 valence electrons. The fraction of sp³-hybridized carbons (Fsp3) is 0.250. The van der Waals surface area contributed by atoms with E-state index in [1.54, 1.807) is 0 Å². The van der Waals surface area contributed by atoms with Crippen molar-refractivity contribution in [3.63, 3.8) is 0 Å². The topological polar surface area (TPSA) is 64.9 Å². The van der Waals surface area contributed by atoms with Crippen molar-refractivity contribution in [3.8, 4) is 11.4 Å². The van der Waals surface area contributed by atoms with Crippen LogP contribution < -0.4 is 5.73 Å². The van der Waals surface area contributed by atoms with E-state index >= 15 is 0 Å². The summed E-state index contributed by atoms with van der Waals surface area (Å²) < 4.78 is 5.35. The van der Waals surface area contributed by atoms with Crippen molar-refractivity contribution in [3.05, 3.63) is 48.4 Å². The van der Waals surface area contributed by atoms with E-state index in [4.69, 9.17) is 10.3 Å². The summed E-state index contributed by atoms with van der Waals surface area (Å²) in [5, 5.41) is 6.38. The Kier molecular flexibility index (Phi) is 3.24. The molecule has 4 heteroatoms. The second-order valence-electron chi connectivity index (χ2n) is 5.13. The molecule has 0 saturated carbocycles. The summed E-state index contributed by atoms with van der Waals surface area (Å²) in [4.78, 5) is 4.49. The molecule has 2 atom stereocenters. The molecule has 4 nitrogen and oxygen atoms in total. The summed E-state index contributed by atoms with van der Waals surface area (Å²) in [7, 11) is 0. The second kappa shape index (κ2) is 5.06. The van der Waals surface area contributed by atoms with Gasteiger partial charge in [-0.2, -0.15) is 4.98 Å². The predicted octanol–water partition coefficient (Wildman–Crippen LogP) is 3.34. The molecule has 2 aromatic carbocycles. The Labute approximate surface area is 117 Å². The minimum atomic E-state index is -0.0178. The van der Waals surface area contributed by atoms with Crippen LogP contribution >= 0.6 is 0 Å². The highest BCUT2D eigenvalue weighted by Crippen LogP contribution is 2.27. The highest BCUT2D eigenvalue weighted by atomic mass is 16.5. The number of aromatic nitrogens is 2. The third-order valence-corrected chi connectivity index (χ3v) is 3.65. The van der Waals surface area contributed by atoms with Crippen molar-refractivity contribution in [2.24, 2.45) is 5.73 Å². The number of fused-ring (bicyclic) bond motifs is 1. The Morgan fingerprint density at radius 2 is 1.80 bits per heavy atom. The van der Waals surface area contributed by atoms with Crippen LogP contribution in [-0.4, -0.2) is 16.2 Å². The Hall–Kier alpha value is -2.20. The summed E-state index contributed by atoms with van der Waals surface area (Å²) in [5.41, 5.74) is 6.86. The van der Waals surface area contributed by atoms with E-state index in [0.29, 0.717) is 11.7 Å². The van der Waals surface area contributed by atoms with Crippen molar-refractivity contribution >= 4 is 10.8 Å². The van der Waals surface area contributed by atoms with Gasteiger partial charge in [-0.3, -0.25) is 0 Å². The van der Waals surface area contributed by atoms with E-state index in [1.165, 1.54) is 0 Å². The van der Waals surface area contributed by atoms with Gasteiger partial charge in [0.05, 0.1) is 5.92 Å². The molecule has 0 aliphatic rings. The van der Waals surface area contributed by atoms with E-state index in [2.05, 4.69) is 28.3 Å². The average molecular weight is 267 g/mol. The molecule has 0 bridgehead atoms. The highest BCUT2D eigenvalue weighted by molar-refractivity contribution is 5.94. The summed E-state index contributed by atoms with van der Waals surface area (Å²) in [6.07, 6.45) is 0. The first-order valence-electron chi connectivity index (χ1n) is 6.74. The Morgan fingerprint density at radius 3 is 2.60 bits per heavy atom. The van der Waals surface area contributed by atoms with Gasteiger partial charge in [0.2, 0.25) is 11.7 Å². The SMILES string of the molecule is CC(N)C(C)c1nc(-c2cccc3ccccc23)no1. The first-order chi connectivity index (χ1) is 9.66. The lowest BCUT2D eigenvalue weighted by atomic mass is 10.0. The number of hydrogen-bond acceptors (Lipinski definition) is 4. The number of nitrogens with zero attached hydrogens (tertiary/aromatic N) is 2. The monoisotopic (exact) mass is 267 g/mol. The normalized spacial score (nSPS) is 14.3. The quantitative estimate of drug-likeness (QED) is 0.790. The van der Waals surface area contributed by atoms with E-state index in [1.807, 2.05) is 38.1 Å². The van der Waals surface area contributed by atoms with Crippen molar-refractivity contribution in [1.29, 1.82) is 0 Å². The molecule has 0 aliphatic heterocycles. The molecule has 0 fully saturated rings. The second-order valence-corrected chi connectivity index (χ2v) is 5.13. The van der Waals surface area contributed by atoms with Gasteiger partial charge in [0.25, 0.3) is 0 Å². The maximum absolute atomic E-state index is 5.88. The smallest absolute Gasteiger partial charge is 0.231 e. The molecule has 3 rings (SSSR count). The summed E-state index contributed by atoms with van der Waals surface area (Å²) in [5.74, 6) is 1.25. The first kappa shape index (κ1) is 12.8. The van der Waals surface area contributed by atoms with Gasteiger partial charge in [-0.25, -0.2) is 0 Å². The van der Waals surface area contributed by atoms with E-state index < -0.39 is 0 Å². The molecular weight excluding hydrogens is 250 g/mol. The Morgan fingerprint density at radius 1 is 1.05 bits per heavy atom. The summed E-state index contributed by atoms with van der Waals surface area (Å²) in [6.45, 7) is 3.93. The fourth-order valence-corrected chi connectivity index (χ4v) is 2.17. The van der Waals surface area contributed by atoms with Crippen LogP contribution in [0.15, 0.2) is 47.0 Å². The van der Waals surface area contributed by atoms with E-state index in [-0.39, 0.29) is 12.0 Å². The zero-order valence-electron chi connectivity index (χ0n) is 11.6. The van der Waals surface area contributed by atoms with Crippen molar-refractivity contribution in [2.45, 2.75) is 25.8 Å². The fourth-order valence-electron chi connectivity index (χ4n) is 2.17. The molecule has 2 N–H and O–H groups in total. The van der Waals surface area contributed by atoms with E-state index in [9.17, 15) is 0 Å².